The van der Waals surface area contributed by atoms with Crippen molar-refractivity contribution in [3.63, 3.8) is 0 Å². The lowest BCUT2D eigenvalue weighted by Gasteiger charge is -2.40. The van der Waals surface area contributed by atoms with Crippen LogP contribution in [0.2, 0.25) is 0 Å². The van der Waals surface area contributed by atoms with Gasteiger partial charge in [0.25, 0.3) is 5.91 Å². The standard InChI is InChI=1S/C24H21F2NO4/c1-13-20-18(30-22(13)23(29)27-16-6-5-14(25)11-15(16)26)7-8-19-21(20)17(28)12-24(31-19)9-3-2-4-10-24/h5-8,11H,2-4,9-10,12H2,1H3,(H,27,29). The summed E-state index contributed by atoms with van der Waals surface area (Å²) in [5.41, 5.74) is 0.698. The molecule has 1 fully saturated rings. The molecule has 0 radical (unpaired) electrons. The van der Waals surface area contributed by atoms with Crippen molar-refractivity contribution in [3.05, 3.63) is 58.9 Å². The summed E-state index contributed by atoms with van der Waals surface area (Å²) in [6.45, 7) is 1.68. The molecule has 1 amide bonds. The molecule has 5 nitrogen and oxygen atoms in total. The largest absolute Gasteiger partial charge is 0.486 e. The van der Waals surface area contributed by atoms with Crippen LogP contribution in [-0.2, 0) is 0 Å². The number of fused-ring (bicyclic) bond motifs is 3. The average Bonchev–Trinajstić information content (AvgIpc) is 3.07. The molecule has 1 spiro atoms. The zero-order chi connectivity index (χ0) is 21.8. The number of anilines is 1. The first kappa shape index (κ1) is 19.7. The van der Waals surface area contributed by atoms with Crippen molar-refractivity contribution in [1.29, 1.82) is 0 Å². The fraction of sp³-hybridized carbons (Fsp3) is 0.333. The van der Waals surface area contributed by atoms with Gasteiger partial charge in [-0.15, -0.1) is 0 Å². The molecule has 7 heteroatoms. The second-order valence-corrected chi connectivity index (χ2v) is 8.39. The summed E-state index contributed by atoms with van der Waals surface area (Å²) in [6, 6.07) is 6.29. The third-order valence-electron chi connectivity index (χ3n) is 6.29. The average molecular weight is 425 g/mol. The molecule has 1 aliphatic carbocycles. The van der Waals surface area contributed by atoms with Gasteiger partial charge in [-0.05, 0) is 56.9 Å². The first-order chi connectivity index (χ1) is 14.9. The first-order valence-corrected chi connectivity index (χ1v) is 10.4. The van der Waals surface area contributed by atoms with Crippen molar-refractivity contribution in [3.8, 4) is 5.75 Å². The quantitative estimate of drug-likeness (QED) is 0.552. The van der Waals surface area contributed by atoms with Crippen molar-refractivity contribution in [2.75, 3.05) is 5.32 Å². The molecular weight excluding hydrogens is 404 g/mol. The lowest BCUT2D eigenvalue weighted by atomic mass is 9.78. The molecule has 1 saturated carbocycles. The number of ketones is 1. The van der Waals surface area contributed by atoms with Gasteiger partial charge in [0.15, 0.2) is 11.5 Å². The van der Waals surface area contributed by atoms with Crippen LogP contribution < -0.4 is 10.1 Å². The van der Waals surface area contributed by atoms with E-state index in [4.69, 9.17) is 9.15 Å². The molecule has 0 atom stereocenters. The van der Waals surface area contributed by atoms with Gasteiger partial charge in [-0.3, -0.25) is 9.59 Å². The number of halogens is 2. The number of rotatable bonds is 2. The van der Waals surface area contributed by atoms with Crippen LogP contribution in [0.25, 0.3) is 11.0 Å². The third kappa shape index (κ3) is 3.28. The van der Waals surface area contributed by atoms with Crippen LogP contribution >= 0.6 is 0 Å². The second-order valence-electron chi connectivity index (χ2n) is 8.39. The number of carbonyl (C=O) groups is 2. The lowest BCUT2D eigenvalue weighted by Crippen LogP contribution is -2.43. The summed E-state index contributed by atoms with van der Waals surface area (Å²) in [5.74, 6) is -1.84. The Balaban J connectivity index is 1.53. The molecule has 3 aromatic rings. The van der Waals surface area contributed by atoms with Crippen molar-refractivity contribution >= 4 is 28.3 Å². The molecule has 5 rings (SSSR count). The predicted octanol–water partition coefficient (Wildman–Crippen LogP) is 5.94. The maximum atomic E-state index is 13.9. The Morgan fingerprint density at radius 1 is 1.10 bits per heavy atom. The number of ether oxygens (including phenoxy) is 1. The Morgan fingerprint density at radius 2 is 1.87 bits per heavy atom. The van der Waals surface area contributed by atoms with Crippen LogP contribution in [0.15, 0.2) is 34.7 Å². The van der Waals surface area contributed by atoms with Crippen LogP contribution in [-0.4, -0.2) is 17.3 Å². The Labute approximate surface area is 177 Å². The fourth-order valence-electron chi connectivity index (χ4n) is 4.80. The van der Waals surface area contributed by atoms with Gasteiger partial charge in [-0.2, -0.15) is 0 Å². The molecule has 0 unspecified atom stereocenters. The molecule has 1 N–H and O–H groups in total. The minimum absolute atomic E-state index is 0.0193. The lowest BCUT2D eigenvalue weighted by molar-refractivity contribution is 0.0139. The van der Waals surface area contributed by atoms with Gasteiger partial charge in [0.2, 0.25) is 0 Å². The van der Waals surface area contributed by atoms with Crippen molar-refractivity contribution in [2.45, 2.75) is 51.0 Å². The second kappa shape index (κ2) is 7.18. The number of hydrogen-bond donors (Lipinski definition) is 1. The molecule has 2 heterocycles. The highest BCUT2D eigenvalue weighted by Gasteiger charge is 2.42. The topological polar surface area (TPSA) is 68.5 Å². The smallest absolute Gasteiger partial charge is 0.291 e. The minimum Gasteiger partial charge on any atom is -0.486 e. The van der Waals surface area contributed by atoms with Crippen LogP contribution in [0.3, 0.4) is 0 Å². The van der Waals surface area contributed by atoms with E-state index in [1.54, 1.807) is 19.1 Å². The van der Waals surface area contributed by atoms with E-state index in [9.17, 15) is 18.4 Å². The van der Waals surface area contributed by atoms with Gasteiger partial charge in [0.1, 0.15) is 28.6 Å². The first-order valence-electron chi connectivity index (χ1n) is 10.4. The highest BCUT2D eigenvalue weighted by atomic mass is 19.1. The zero-order valence-corrected chi connectivity index (χ0v) is 17.0. The number of nitrogens with one attached hydrogen (secondary N) is 1. The molecular formula is C24H21F2NO4. The van der Waals surface area contributed by atoms with Gasteiger partial charge in [0, 0.05) is 17.0 Å². The Bertz CT molecular complexity index is 1220. The van der Waals surface area contributed by atoms with E-state index in [2.05, 4.69) is 5.32 Å². The number of Topliss-reactive ketones (excluding diaryl/α,β-unsaturated/α-hetero) is 1. The van der Waals surface area contributed by atoms with E-state index < -0.39 is 23.1 Å². The van der Waals surface area contributed by atoms with Crippen molar-refractivity contribution < 1.29 is 27.5 Å². The van der Waals surface area contributed by atoms with E-state index in [-0.39, 0.29) is 17.2 Å². The maximum Gasteiger partial charge on any atom is 0.291 e. The van der Waals surface area contributed by atoms with Crippen molar-refractivity contribution in [1.82, 2.24) is 0 Å². The summed E-state index contributed by atoms with van der Waals surface area (Å²) in [7, 11) is 0. The van der Waals surface area contributed by atoms with Crippen LogP contribution in [0.1, 0.15) is 65.0 Å². The molecule has 2 aromatic carbocycles. The van der Waals surface area contributed by atoms with E-state index in [0.717, 1.165) is 44.2 Å². The summed E-state index contributed by atoms with van der Waals surface area (Å²) < 4.78 is 39.1. The third-order valence-corrected chi connectivity index (χ3v) is 6.29. The summed E-state index contributed by atoms with van der Waals surface area (Å²) in [6.07, 6.45) is 5.26. The number of hydrogen-bond acceptors (Lipinski definition) is 4. The van der Waals surface area contributed by atoms with Gasteiger partial charge >= 0.3 is 0 Å². The minimum atomic E-state index is -0.888. The molecule has 160 valence electrons. The number of benzene rings is 2. The Morgan fingerprint density at radius 3 is 2.61 bits per heavy atom. The van der Waals surface area contributed by atoms with Gasteiger partial charge in [0.05, 0.1) is 17.7 Å². The van der Waals surface area contributed by atoms with E-state index in [1.807, 2.05) is 0 Å². The molecule has 1 aromatic heterocycles. The van der Waals surface area contributed by atoms with Crippen molar-refractivity contribution in [2.24, 2.45) is 0 Å². The molecule has 0 bridgehead atoms. The fourth-order valence-corrected chi connectivity index (χ4v) is 4.80. The van der Waals surface area contributed by atoms with Crippen LogP contribution in [0, 0.1) is 18.6 Å². The number of amides is 1. The van der Waals surface area contributed by atoms with E-state index >= 15 is 0 Å². The SMILES string of the molecule is Cc1c(C(=O)Nc2ccc(F)cc2F)oc2ccc3c(c12)C(=O)CC1(CCCCC1)O3. The Hall–Kier alpha value is -3.22. The van der Waals surface area contributed by atoms with E-state index in [1.165, 1.54) is 0 Å². The summed E-state index contributed by atoms with van der Waals surface area (Å²) in [4.78, 5) is 25.9. The van der Waals surface area contributed by atoms with E-state index in [0.29, 0.717) is 40.3 Å². The number of furan rings is 1. The molecule has 31 heavy (non-hydrogen) atoms. The number of carbonyl (C=O) groups excluding carboxylic acids is 2. The van der Waals surface area contributed by atoms with Gasteiger partial charge in [-0.25, -0.2) is 8.78 Å². The Kier molecular flexibility index (Phi) is 4.57. The highest BCUT2D eigenvalue weighted by molar-refractivity contribution is 6.14. The molecule has 1 aliphatic heterocycles. The zero-order valence-electron chi connectivity index (χ0n) is 17.0. The normalized spacial score (nSPS) is 17.5. The summed E-state index contributed by atoms with van der Waals surface area (Å²) in [5, 5.41) is 2.94. The molecule has 0 saturated heterocycles. The van der Waals surface area contributed by atoms with Gasteiger partial charge in [-0.1, -0.05) is 6.42 Å². The van der Waals surface area contributed by atoms with Gasteiger partial charge < -0.3 is 14.5 Å². The van der Waals surface area contributed by atoms with Crippen LogP contribution in [0.4, 0.5) is 14.5 Å². The summed E-state index contributed by atoms with van der Waals surface area (Å²) >= 11 is 0. The predicted molar refractivity (Wildman–Crippen MR) is 111 cm³/mol. The maximum absolute atomic E-state index is 13.9. The van der Waals surface area contributed by atoms with Crippen LogP contribution in [0.5, 0.6) is 5.75 Å². The monoisotopic (exact) mass is 425 g/mol. The molecule has 2 aliphatic rings. The highest BCUT2D eigenvalue weighted by Crippen LogP contribution is 2.45. The number of aryl methyl sites for hydroxylation is 1.